The van der Waals surface area contributed by atoms with Gasteiger partial charge >= 0.3 is 5.69 Å². The Morgan fingerprint density at radius 3 is 2.43 bits per heavy atom. The maximum absolute atomic E-state index is 12.5. The third-order valence-corrected chi connectivity index (χ3v) is 8.85. The van der Waals surface area contributed by atoms with Crippen LogP contribution in [0.2, 0.25) is 0 Å². The van der Waals surface area contributed by atoms with Gasteiger partial charge in [-0.25, -0.2) is 4.79 Å². The minimum atomic E-state index is -0.954. The minimum Gasteiger partial charge on any atom is -0.394 e. The van der Waals surface area contributed by atoms with Crippen molar-refractivity contribution in [3.63, 3.8) is 0 Å². The summed E-state index contributed by atoms with van der Waals surface area (Å²) in [4.78, 5) is 66.1. The van der Waals surface area contributed by atoms with Crippen molar-refractivity contribution in [3.8, 4) is 0 Å². The smallest absolute Gasteiger partial charge is 0.330 e. The molecule has 4 atom stereocenters. The molecular formula is C37H52N6O11. The first kappa shape index (κ1) is 42.3. The number of nitrogens with one attached hydrogen (secondary N) is 4. The zero-order valence-corrected chi connectivity index (χ0v) is 30.6. The van der Waals surface area contributed by atoms with Crippen LogP contribution >= 0.6 is 0 Å². The highest BCUT2D eigenvalue weighted by molar-refractivity contribution is 5.92. The van der Waals surface area contributed by atoms with Crippen LogP contribution in [0.5, 0.6) is 0 Å². The lowest BCUT2D eigenvalue weighted by molar-refractivity contribution is -0.120. The van der Waals surface area contributed by atoms with Crippen LogP contribution in [0.3, 0.4) is 0 Å². The molecule has 1 fully saturated rings. The third-order valence-electron chi connectivity index (χ3n) is 8.85. The van der Waals surface area contributed by atoms with Gasteiger partial charge in [0, 0.05) is 62.1 Å². The van der Waals surface area contributed by atoms with Crippen molar-refractivity contribution in [2.45, 2.75) is 69.9 Å². The van der Waals surface area contributed by atoms with Crippen LogP contribution in [0, 0.1) is 0 Å². The molecule has 4 rings (SSSR count). The standard InChI is InChI=1S/C37H52N6O11/c1-24(45)29(38)18-27-21-41-35-25(6-4-7-28(27)35)19-33(48)40-10-2-3-12-51-14-16-53-17-15-52-13-5-11-39-32(47)9-8-26-22-43(37(50)42-36(26)49)34-20-30(46)31(23-44)54-34/h4,6-9,21-22,29-31,34,41,44,46H,2-3,5,10-20,23,38H2,1H3,(H,39,47)(H,40,48)(H,42,49,50)/b9-8+. The monoisotopic (exact) mass is 756 g/mol. The highest BCUT2D eigenvalue weighted by Crippen LogP contribution is 2.27. The van der Waals surface area contributed by atoms with Crippen LogP contribution in [0.15, 0.2) is 46.3 Å². The fraction of sp³-hybridized carbons (Fsp3) is 0.541. The molecule has 0 saturated carbocycles. The summed E-state index contributed by atoms with van der Waals surface area (Å²) < 4.78 is 23.2. The molecule has 1 aromatic carbocycles. The number of nitrogens with two attached hydrogens (primary N) is 1. The predicted molar refractivity (Wildman–Crippen MR) is 199 cm³/mol. The molecule has 17 nitrogen and oxygen atoms in total. The number of aromatic amines is 2. The summed E-state index contributed by atoms with van der Waals surface area (Å²) in [7, 11) is 0. The molecule has 2 amide bonds. The van der Waals surface area contributed by atoms with Gasteiger partial charge in [-0.1, -0.05) is 18.2 Å². The van der Waals surface area contributed by atoms with E-state index < -0.39 is 48.2 Å². The number of Topliss-reactive ketones (excluding diaryl/α,β-unsaturated/α-hetero) is 1. The van der Waals surface area contributed by atoms with Crippen LogP contribution < -0.4 is 27.6 Å². The van der Waals surface area contributed by atoms with E-state index in [1.54, 1.807) is 0 Å². The summed E-state index contributed by atoms with van der Waals surface area (Å²) in [6.07, 6.45) is 5.79. The molecule has 0 spiro atoms. The maximum atomic E-state index is 12.5. The van der Waals surface area contributed by atoms with E-state index in [1.165, 1.54) is 25.3 Å². The number of fused-ring (bicyclic) bond motifs is 1. The Bertz CT molecular complexity index is 1820. The van der Waals surface area contributed by atoms with Gasteiger partial charge in [0.1, 0.15) is 18.1 Å². The van der Waals surface area contributed by atoms with Crippen molar-refractivity contribution in [1.82, 2.24) is 25.2 Å². The Morgan fingerprint density at radius 2 is 1.72 bits per heavy atom. The Labute approximate surface area is 312 Å². The first-order valence-electron chi connectivity index (χ1n) is 18.2. The molecule has 1 aliphatic heterocycles. The van der Waals surface area contributed by atoms with Crippen LogP contribution in [0.25, 0.3) is 17.0 Å². The number of ether oxygens (including phenoxy) is 4. The number of carbonyl (C=O) groups is 3. The van der Waals surface area contributed by atoms with E-state index in [0.29, 0.717) is 65.6 Å². The van der Waals surface area contributed by atoms with E-state index in [4.69, 9.17) is 24.7 Å². The number of benzene rings is 1. The van der Waals surface area contributed by atoms with Crippen LogP contribution in [0.4, 0.5) is 0 Å². The molecule has 2 aromatic heterocycles. The molecule has 1 saturated heterocycles. The molecule has 3 aromatic rings. The highest BCUT2D eigenvalue weighted by atomic mass is 16.5. The fourth-order valence-corrected chi connectivity index (χ4v) is 5.80. The average Bonchev–Trinajstić information content (AvgIpc) is 3.73. The number of hydrogen-bond donors (Lipinski definition) is 7. The lowest BCUT2D eigenvalue weighted by Crippen LogP contribution is -2.33. The number of aromatic nitrogens is 3. The minimum absolute atomic E-state index is 0.0503. The average molecular weight is 757 g/mol. The van der Waals surface area contributed by atoms with Crippen LogP contribution in [0.1, 0.15) is 55.5 Å². The molecule has 1 aliphatic rings. The van der Waals surface area contributed by atoms with Gasteiger partial charge in [0.15, 0.2) is 0 Å². The first-order valence-corrected chi connectivity index (χ1v) is 18.2. The van der Waals surface area contributed by atoms with E-state index in [2.05, 4.69) is 20.6 Å². The van der Waals surface area contributed by atoms with Crippen LogP contribution in [-0.4, -0.2) is 120 Å². The van der Waals surface area contributed by atoms with E-state index in [-0.39, 0.29) is 30.1 Å². The van der Waals surface area contributed by atoms with Crippen molar-refractivity contribution in [1.29, 1.82) is 0 Å². The number of nitrogens with zero attached hydrogens (tertiary/aromatic N) is 1. The van der Waals surface area contributed by atoms with Gasteiger partial charge in [-0.2, -0.15) is 0 Å². The summed E-state index contributed by atoms with van der Waals surface area (Å²) in [5.41, 5.74) is 7.30. The highest BCUT2D eigenvalue weighted by Gasteiger charge is 2.35. The van der Waals surface area contributed by atoms with Crippen LogP contribution in [-0.2, 0) is 46.2 Å². The predicted octanol–water partition coefficient (Wildman–Crippen LogP) is -0.174. The maximum Gasteiger partial charge on any atom is 0.330 e. The molecule has 8 N–H and O–H groups in total. The zero-order chi connectivity index (χ0) is 38.9. The number of hydrogen-bond acceptors (Lipinski definition) is 12. The zero-order valence-electron chi connectivity index (χ0n) is 30.6. The number of para-hydroxylation sites is 1. The van der Waals surface area contributed by atoms with E-state index >= 15 is 0 Å². The molecule has 3 heterocycles. The van der Waals surface area contributed by atoms with Gasteiger partial charge in [0.2, 0.25) is 11.8 Å². The van der Waals surface area contributed by atoms with E-state index in [9.17, 15) is 34.2 Å². The van der Waals surface area contributed by atoms with Gasteiger partial charge in [-0.15, -0.1) is 0 Å². The Hall–Kier alpha value is -4.49. The number of rotatable bonds is 24. The Kier molecular flexibility index (Phi) is 17.2. The topological polar surface area (TPSA) is 249 Å². The lowest BCUT2D eigenvalue weighted by atomic mass is 10.0. The SMILES string of the molecule is CC(=O)C(N)Cc1c[nH]c2c(CC(=O)NCCCCOCCOCCOCCCNC(=O)/C=C/c3cn(C4CC(O)C(CO)O4)c(=O)[nH]c3=O)cccc12. The number of carbonyl (C=O) groups excluding carboxylic acids is 3. The van der Waals surface area contributed by atoms with Gasteiger partial charge < -0.3 is 50.5 Å². The van der Waals surface area contributed by atoms with Crippen molar-refractivity contribution in [2.75, 3.05) is 59.3 Å². The molecule has 0 aliphatic carbocycles. The second-order valence-electron chi connectivity index (χ2n) is 13.0. The lowest BCUT2D eigenvalue weighted by Gasteiger charge is -2.14. The molecular weight excluding hydrogens is 704 g/mol. The second-order valence-corrected chi connectivity index (χ2v) is 13.0. The molecule has 0 radical (unpaired) electrons. The number of aliphatic hydroxyl groups excluding tert-OH is 2. The van der Waals surface area contributed by atoms with E-state index in [0.717, 1.165) is 39.4 Å². The number of amides is 2. The summed E-state index contributed by atoms with van der Waals surface area (Å²) in [5, 5.41) is 25.8. The fourth-order valence-electron chi connectivity index (χ4n) is 5.80. The Morgan fingerprint density at radius 1 is 1.02 bits per heavy atom. The number of unbranched alkanes of at least 4 members (excludes halogenated alkanes) is 1. The van der Waals surface area contributed by atoms with Crippen molar-refractivity contribution >= 4 is 34.6 Å². The van der Waals surface area contributed by atoms with Gasteiger partial charge in [0.05, 0.1) is 57.2 Å². The molecule has 0 bridgehead atoms. The summed E-state index contributed by atoms with van der Waals surface area (Å²) >= 11 is 0. The first-order chi connectivity index (χ1) is 26.1. The summed E-state index contributed by atoms with van der Waals surface area (Å²) in [6, 6.07) is 5.23. The largest absolute Gasteiger partial charge is 0.394 e. The van der Waals surface area contributed by atoms with Crippen molar-refractivity contribution in [2.24, 2.45) is 5.73 Å². The molecule has 296 valence electrons. The van der Waals surface area contributed by atoms with Crippen molar-refractivity contribution in [3.05, 3.63) is 74.2 Å². The normalized spacial score (nSPS) is 17.7. The Balaban J connectivity index is 0.966. The van der Waals surface area contributed by atoms with Gasteiger partial charge in [-0.05, 0) is 49.8 Å². The molecule has 54 heavy (non-hydrogen) atoms. The van der Waals surface area contributed by atoms with E-state index in [1.807, 2.05) is 24.4 Å². The summed E-state index contributed by atoms with van der Waals surface area (Å²) in [5.74, 6) is -0.562. The summed E-state index contributed by atoms with van der Waals surface area (Å²) in [6.45, 7) is 4.59. The number of H-pyrrole nitrogens is 2. The number of ketones is 1. The quantitative estimate of drug-likeness (QED) is 0.0465. The van der Waals surface area contributed by atoms with Gasteiger partial charge in [0.25, 0.3) is 5.56 Å². The second kappa shape index (κ2) is 22.0. The van der Waals surface area contributed by atoms with Crippen molar-refractivity contribution < 1.29 is 43.5 Å². The third kappa shape index (κ3) is 13.1. The van der Waals surface area contributed by atoms with Gasteiger partial charge in [-0.3, -0.25) is 28.7 Å². The molecule has 17 heteroatoms. The molecule has 4 unspecified atom stereocenters. The number of aliphatic hydroxyl groups is 2.